The number of nitrogens with one attached hydrogen (secondary N) is 2. The molecule has 1 aromatic rings. The summed E-state index contributed by atoms with van der Waals surface area (Å²) in [5, 5.41) is 14.0. The first-order valence-corrected chi connectivity index (χ1v) is 6.59. The highest BCUT2D eigenvalue weighted by Gasteiger charge is 2.24. The molecule has 8 heteroatoms. The lowest BCUT2D eigenvalue weighted by Crippen LogP contribution is -2.27. The first-order valence-electron chi connectivity index (χ1n) is 5.11. The number of sulfonamides is 1. The van der Waals surface area contributed by atoms with Crippen molar-refractivity contribution in [1.29, 1.82) is 0 Å². The maximum Gasteiger partial charge on any atom is 0.340 e. The second-order valence-corrected chi connectivity index (χ2v) is 5.70. The Morgan fingerprint density at radius 2 is 2.24 bits per heavy atom. The summed E-state index contributed by atoms with van der Waals surface area (Å²) in [5.41, 5.74) is -0.359. The minimum Gasteiger partial charge on any atom is -0.478 e. The van der Waals surface area contributed by atoms with Crippen molar-refractivity contribution < 1.29 is 18.3 Å². The van der Waals surface area contributed by atoms with E-state index < -0.39 is 21.0 Å². The van der Waals surface area contributed by atoms with Crippen molar-refractivity contribution in [3.05, 3.63) is 11.8 Å². The van der Waals surface area contributed by atoms with Gasteiger partial charge < -0.3 is 5.11 Å². The van der Waals surface area contributed by atoms with E-state index in [-0.39, 0.29) is 12.1 Å². The predicted molar refractivity (Wildman–Crippen MR) is 60.2 cm³/mol. The van der Waals surface area contributed by atoms with Crippen LogP contribution in [0.15, 0.2) is 11.2 Å². The minimum atomic E-state index is -3.84. The molecule has 0 aromatic carbocycles. The highest BCUT2D eigenvalue weighted by atomic mass is 32.2. The molecule has 3 N–H and O–H groups in total. The summed E-state index contributed by atoms with van der Waals surface area (Å²) >= 11 is 0. The normalized spacial score (nSPS) is 11.9. The summed E-state index contributed by atoms with van der Waals surface area (Å²) in [6.07, 6.45) is 1.65. The van der Waals surface area contributed by atoms with Crippen molar-refractivity contribution >= 4 is 16.0 Å². The van der Waals surface area contributed by atoms with Crippen LogP contribution in [0, 0.1) is 5.92 Å². The van der Waals surface area contributed by atoms with E-state index in [9.17, 15) is 13.2 Å². The summed E-state index contributed by atoms with van der Waals surface area (Å²) < 4.78 is 25.8. The molecule has 0 spiro atoms. The van der Waals surface area contributed by atoms with Crippen molar-refractivity contribution in [3.8, 4) is 0 Å². The van der Waals surface area contributed by atoms with Gasteiger partial charge in [-0.25, -0.2) is 17.9 Å². The number of nitrogens with zero attached hydrogens (tertiary/aromatic N) is 1. The van der Waals surface area contributed by atoms with Crippen LogP contribution in [0.4, 0.5) is 0 Å². The highest BCUT2D eigenvalue weighted by molar-refractivity contribution is 7.89. The molecule has 0 bridgehead atoms. The Hall–Kier alpha value is -1.41. The van der Waals surface area contributed by atoms with Crippen molar-refractivity contribution in [1.82, 2.24) is 14.9 Å². The van der Waals surface area contributed by atoms with Crippen LogP contribution < -0.4 is 4.72 Å². The molecule has 1 aromatic heterocycles. The lowest BCUT2D eigenvalue weighted by Gasteiger charge is -2.07. The van der Waals surface area contributed by atoms with E-state index in [2.05, 4.69) is 14.9 Å². The van der Waals surface area contributed by atoms with Crippen molar-refractivity contribution in [2.24, 2.45) is 5.92 Å². The second-order valence-electron chi connectivity index (χ2n) is 4.00. The molecule has 7 nitrogen and oxygen atoms in total. The molecule has 1 rings (SSSR count). The number of carboxylic acid groups (broad SMARTS) is 1. The van der Waals surface area contributed by atoms with Gasteiger partial charge in [0.2, 0.25) is 0 Å². The van der Waals surface area contributed by atoms with Crippen LogP contribution in [0.25, 0.3) is 0 Å². The zero-order chi connectivity index (χ0) is 13.1. The van der Waals surface area contributed by atoms with Gasteiger partial charge in [0.05, 0.1) is 6.20 Å². The SMILES string of the molecule is CC(C)CCNS(=O)(=O)c1[nH]ncc1C(=O)O. The summed E-state index contributed by atoms with van der Waals surface area (Å²) in [4.78, 5) is 10.8. The average Bonchev–Trinajstić information content (AvgIpc) is 2.65. The largest absolute Gasteiger partial charge is 0.478 e. The predicted octanol–water partition coefficient (Wildman–Crippen LogP) is 0.432. The third-order valence-electron chi connectivity index (χ3n) is 2.12. The van der Waals surface area contributed by atoms with Crippen LogP contribution >= 0.6 is 0 Å². The lowest BCUT2D eigenvalue weighted by molar-refractivity contribution is 0.0692. The van der Waals surface area contributed by atoms with Gasteiger partial charge in [0.25, 0.3) is 10.0 Å². The van der Waals surface area contributed by atoms with Crippen molar-refractivity contribution in [2.75, 3.05) is 6.54 Å². The van der Waals surface area contributed by atoms with Gasteiger partial charge in [0.1, 0.15) is 5.56 Å². The van der Waals surface area contributed by atoms with E-state index >= 15 is 0 Å². The minimum absolute atomic E-state index is 0.262. The zero-order valence-electron chi connectivity index (χ0n) is 9.60. The fraction of sp³-hybridized carbons (Fsp3) is 0.556. The molecule has 0 unspecified atom stereocenters. The maximum atomic E-state index is 11.8. The Balaban J connectivity index is 2.83. The number of aromatic nitrogens is 2. The molecule has 17 heavy (non-hydrogen) atoms. The van der Waals surface area contributed by atoms with Gasteiger partial charge in [-0.2, -0.15) is 5.10 Å². The molecule has 0 radical (unpaired) electrons. The molecule has 0 fully saturated rings. The summed E-state index contributed by atoms with van der Waals surface area (Å²) in [7, 11) is -3.84. The van der Waals surface area contributed by atoms with Gasteiger partial charge in [-0.3, -0.25) is 5.10 Å². The number of hydrogen-bond acceptors (Lipinski definition) is 4. The van der Waals surface area contributed by atoms with Gasteiger partial charge in [-0.1, -0.05) is 13.8 Å². The van der Waals surface area contributed by atoms with Gasteiger partial charge in [-0.05, 0) is 12.3 Å². The zero-order valence-corrected chi connectivity index (χ0v) is 10.4. The third kappa shape index (κ3) is 3.53. The fourth-order valence-electron chi connectivity index (χ4n) is 1.19. The van der Waals surface area contributed by atoms with Gasteiger partial charge in [-0.15, -0.1) is 0 Å². The maximum absolute atomic E-state index is 11.8. The van der Waals surface area contributed by atoms with Crippen LogP contribution in [0.1, 0.15) is 30.6 Å². The molecular formula is C9H15N3O4S. The number of hydrogen-bond donors (Lipinski definition) is 3. The Kier molecular flexibility index (Phi) is 4.24. The van der Waals surface area contributed by atoms with E-state index in [0.717, 1.165) is 6.20 Å². The van der Waals surface area contributed by atoms with Crippen LogP contribution in [-0.2, 0) is 10.0 Å². The van der Waals surface area contributed by atoms with Crippen LogP contribution in [0.5, 0.6) is 0 Å². The van der Waals surface area contributed by atoms with E-state index in [1.807, 2.05) is 13.8 Å². The van der Waals surface area contributed by atoms with E-state index in [4.69, 9.17) is 5.11 Å². The molecule has 0 saturated heterocycles. The number of carboxylic acids is 1. The average molecular weight is 261 g/mol. The molecule has 1 heterocycles. The van der Waals surface area contributed by atoms with Crippen molar-refractivity contribution in [3.63, 3.8) is 0 Å². The first-order chi connectivity index (χ1) is 7.84. The Bertz CT molecular complexity index is 492. The molecule has 96 valence electrons. The second kappa shape index (κ2) is 5.28. The summed E-state index contributed by atoms with van der Waals surface area (Å²) in [6.45, 7) is 4.19. The van der Waals surface area contributed by atoms with Crippen LogP contribution in [0.3, 0.4) is 0 Å². The quantitative estimate of drug-likeness (QED) is 0.687. The van der Waals surface area contributed by atoms with Crippen LogP contribution in [0.2, 0.25) is 0 Å². The first kappa shape index (κ1) is 13.7. The van der Waals surface area contributed by atoms with Gasteiger partial charge >= 0.3 is 5.97 Å². The molecule has 0 atom stereocenters. The fourth-order valence-corrected chi connectivity index (χ4v) is 2.32. The van der Waals surface area contributed by atoms with Crippen LogP contribution in [-0.4, -0.2) is 36.2 Å². The molecule has 0 aliphatic carbocycles. The Labute approximate surface area is 99.3 Å². The monoisotopic (exact) mass is 261 g/mol. The van der Waals surface area contributed by atoms with E-state index in [1.54, 1.807) is 0 Å². The standard InChI is InChI=1S/C9H15N3O4S/c1-6(2)3-4-11-17(15,16)8-7(9(13)14)5-10-12-8/h5-6,11H,3-4H2,1-2H3,(H,10,12)(H,13,14). The van der Waals surface area contributed by atoms with Crippen molar-refractivity contribution in [2.45, 2.75) is 25.3 Å². The third-order valence-corrected chi connectivity index (χ3v) is 3.55. The molecule has 0 aliphatic rings. The molecule has 0 aliphatic heterocycles. The number of aromatic amines is 1. The number of rotatable bonds is 6. The van der Waals surface area contributed by atoms with E-state index in [1.165, 1.54) is 0 Å². The lowest BCUT2D eigenvalue weighted by atomic mass is 10.1. The summed E-state index contributed by atoms with van der Waals surface area (Å²) in [6, 6.07) is 0. The van der Waals surface area contributed by atoms with Gasteiger partial charge in [0.15, 0.2) is 5.03 Å². The Morgan fingerprint density at radius 3 is 2.76 bits per heavy atom. The smallest absolute Gasteiger partial charge is 0.340 e. The topological polar surface area (TPSA) is 112 Å². The Morgan fingerprint density at radius 1 is 1.59 bits per heavy atom. The van der Waals surface area contributed by atoms with E-state index in [0.29, 0.717) is 12.3 Å². The number of H-pyrrole nitrogens is 1. The molecule has 0 saturated carbocycles. The number of carbonyl (C=O) groups is 1. The molecule has 0 amide bonds. The number of aromatic carboxylic acids is 1. The van der Waals surface area contributed by atoms with Gasteiger partial charge in [0, 0.05) is 6.54 Å². The summed E-state index contributed by atoms with van der Waals surface area (Å²) in [5.74, 6) is -0.971. The molecular weight excluding hydrogens is 246 g/mol. The highest BCUT2D eigenvalue weighted by Crippen LogP contribution is 2.11.